The van der Waals surface area contributed by atoms with Crippen molar-refractivity contribution in [2.24, 2.45) is 0 Å². The molecule has 15 heavy (non-hydrogen) atoms. The molecule has 0 aliphatic heterocycles. The van der Waals surface area contributed by atoms with Gasteiger partial charge in [0.05, 0.1) is 6.10 Å². The number of hydrogen-bond acceptors (Lipinski definition) is 2. The first kappa shape index (κ1) is 12.2. The minimum Gasteiger partial charge on any atom is -0.387 e. The Balaban J connectivity index is 2.16. The maximum absolute atomic E-state index is 9.81. The second-order valence-electron chi connectivity index (χ2n) is 3.84. The maximum Gasteiger partial charge on any atom is 0.0914 e. The number of hydrogen-bond donors (Lipinski definition) is 2. The molecule has 1 aromatic rings. The summed E-state index contributed by atoms with van der Waals surface area (Å²) in [5.74, 6) is 0. The summed E-state index contributed by atoms with van der Waals surface area (Å²) in [5.41, 5.74) is 0.987. The second-order valence-corrected chi connectivity index (χ2v) is 3.84. The van der Waals surface area contributed by atoms with E-state index in [1.165, 1.54) is 19.3 Å². The molecule has 2 heteroatoms. The molecule has 1 atom stereocenters. The Labute approximate surface area is 92.3 Å². The molecule has 0 saturated carbocycles. The number of benzene rings is 1. The molecule has 0 amide bonds. The molecule has 2 nitrogen and oxygen atoms in total. The molecule has 1 aromatic carbocycles. The zero-order chi connectivity index (χ0) is 10.9. The Morgan fingerprint density at radius 2 is 1.93 bits per heavy atom. The van der Waals surface area contributed by atoms with E-state index in [-0.39, 0.29) is 6.10 Å². The zero-order valence-corrected chi connectivity index (χ0v) is 9.45. The number of unbranched alkanes of at least 4 members (excludes halogenated alkanes) is 2. The summed E-state index contributed by atoms with van der Waals surface area (Å²) in [5, 5.41) is 13.1. The summed E-state index contributed by atoms with van der Waals surface area (Å²) in [7, 11) is 0. The van der Waals surface area contributed by atoms with Crippen molar-refractivity contribution in [2.45, 2.75) is 32.3 Å². The third kappa shape index (κ3) is 4.96. The van der Waals surface area contributed by atoms with Gasteiger partial charge in [0.2, 0.25) is 0 Å². The Hall–Kier alpha value is -0.860. The van der Waals surface area contributed by atoms with Crippen LogP contribution in [-0.2, 0) is 0 Å². The normalized spacial score (nSPS) is 12.7. The van der Waals surface area contributed by atoms with Crippen LogP contribution >= 0.6 is 0 Å². The molecular formula is C13H21NO. The molecule has 0 saturated heterocycles. The van der Waals surface area contributed by atoms with Gasteiger partial charge in [-0.3, -0.25) is 0 Å². The van der Waals surface area contributed by atoms with E-state index in [2.05, 4.69) is 12.2 Å². The van der Waals surface area contributed by atoms with E-state index in [4.69, 9.17) is 0 Å². The van der Waals surface area contributed by atoms with Gasteiger partial charge in [0, 0.05) is 6.54 Å². The van der Waals surface area contributed by atoms with Crippen LogP contribution in [-0.4, -0.2) is 18.2 Å². The van der Waals surface area contributed by atoms with Crippen molar-refractivity contribution in [1.82, 2.24) is 5.32 Å². The van der Waals surface area contributed by atoms with Crippen molar-refractivity contribution in [1.29, 1.82) is 0 Å². The molecular weight excluding hydrogens is 186 g/mol. The molecule has 0 fully saturated rings. The fourth-order valence-corrected chi connectivity index (χ4v) is 1.53. The predicted molar refractivity (Wildman–Crippen MR) is 63.8 cm³/mol. The van der Waals surface area contributed by atoms with E-state index in [9.17, 15) is 5.11 Å². The van der Waals surface area contributed by atoms with E-state index in [1.807, 2.05) is 30.3 Å². The lowest BCUT2D eigenvalue weighted by molar-refractivity contribution is 0.174. The standard InChI is InChI=1S/C13H21NO/c1-2-3-7-10-14-11-13(15)12-8-5-4-6-9-12/h4-6,8-9,13-15H,2-3,7,10-11H2,1H3/t13-/m1/s1. The van der Waals surface area contributed by atoms with Crippen LogP contribution in [0.15, 0.2) is 30.3 Å². The molecule has 2 N–H and O–H groups in total. The first-order chi connectivity index (χ1) is 7.34. The summed E-state index contributed by atoms with van der Waals surface area (Å²) < 4.78 is 0. The minimum absolute atomic E-state index is 0.382. The SMILES string of the molecule is CCCCCNC[C@@H](O)c1ccccc1. The molecule has 0 aliphatic carbocycles. The van der Waals surface area contributed by atoms with E-state index in [0.717, 1.165) is 12.1 Å². The highest BCUT2D eigenvalue weighted by Crippen LogP contribution is 2.10. The molecule has 0 heterocycles. The van der Waals surface area contributed by atoms with E-state index in [0.29, 0.717) is 6.54 Å². The summed E-state index contributed by atoms with van der Waals surface area (Å²) >= 11 is 0. The highest BCUT2D eigenvalue weighted by Gasteiger charge is 2.04. The Bertz CT molecular complexity index is 248. The van der Waals surface area contributed by atoms with Gasteiger partial charge in [-0.15, -0.1) is 0 Å². The topological polar surface area (TPSA) is 32.3 Å². The minimum atomic E-state index is -0.382. The van der Waals surface area contributed by atoms with Gasteiger partial charge in [0.25, 0.3) is 0 Å². The van der Waals surface area contributed by atoms with Crippen molar-refractivity contribution < 1.29 is 5.11 Å². The Kier molecular flexibility index (Phi) is 6.05. The van der Waals surface area contributed by atoms with Crippen molar-refractivity contribution >= 4 is 0 Å². The van der Waals surface area contributed by atoms with Crippen molar-refractivity contribution in [3.05, 3.63) is 35.9 Å². The fourth-order valence-electron chi connectivity index (χ4n) is 1.53. The molecule has 0 bridgehead atoms. The van der Waals surface area contributed by atoms with Gasteiger partial charge < -0.3 is 10.4 Å². The Morgan fingerprint density at radius 3 is 2.60 bits per heavy atom. The molecule has 1 rings (SSSR count). The largest absolute Gasteiger partial charge is 0.387 e. The van der Waals surface area contributed by atoms with Gasteiger partial charge in [-0.25, -0.2) is 0 Å². The molecule has 0 spiro atoms. The zero-order valence-electron chi connectivity index (χ0n) is 9.45. The van der Waals surface area contributed by atoms with Gasteiger partial charge >= 0.3 is 0 Å². The molecule has 0 aliphatic rings. The highest BCUT2D eigenvalue weighted by atomic mass is 16.3. The van der Waals surface area contributed by atoms with Gasteiger partial charge in [-0.2, -0.15) is 0 Å². The maximum atomic E-state index is 9.81. The predicted octanol–water partition coefficient (Wildman–Crippen LogP) is 2.50. The monoisotopic (exact) mass is 207 g/mol. The number of rotatable bonds is 7. The Morgan fingerprint density at radius 1 is 1.20 bits per heavy atom. The molecule has 0 unspecified atom stereocenters. The van der Waals surface area contributed by atoms with Crippen molar-refractivity contribution in [3.8, 4) is 0 Å². The first-order valence-corrected chi connectivity index (χ1v) is 5.78. The summed E-state index contributed by atoms with van der Waals surface area (Å²) in [6.45, 7) is 3.84. The van der Waals surface area contributed by atoms with Crippen LogP contribution in [0.4, 0.5) is 0 Å². The van der Waals surface area contributed by atoms with Crippen molar-refractivity contribution in [2.75, 3.05) is 13.1 Å². The van der Waals surface area contributed by atoms with Crippen LogP contribution in [0, 0.1) is 0 Å². The first-order valence-electron chi connectivity index (χ1n) is 5.78. The van der Waals surface area contributed by atoms with Crippen molar-refractivity contribution in [3.63, 3.8) is 0 Å². The molecule has 84 valence electrons. The fraction of sp³-hybridized carbons (Fsp3) is 0.538. The number of nitrogens with one attached hydrogen (secondary N) is 1. The third-order valence-corrected chi connectivity index (χ3v) is 2.48. The van der Waals surface area contributed by atoms with Crippen LogP contribution in [0.1, 0.15) is 37.9 Å². The number of aliphatic hydroxyl groups is 1. The quantitative estimate of drug-likeness (QED) is 0.673. The van der Waals surface area contributed by atoms with Crippen LogP contribution in [0.5, 0.6) is 0 Å². The van der Waals surface area contributed by atoms with E-state index in [1.54, 1.807) is 0 Å². The van der Waals surface area contributed by atoms with Gasteiger partial charge in [-0.05, 0) is 18.5 Å². The van der Waals surface area contributed by atoms with Crippen LogP contribution in [0.3, 0.4) is 0 Å². The van der Waals surface area contributed by atoms with E-state index < -0.39 is 0 Å². The molecule has 0 radical (unpaired) electrons. The lowest BCUT2D eigenvalue weighted by Gasteiger charge is -2.11. The molecule has 0 aromatic heterocycles. The highest BCUT2D eigenvalue weighted by molar-refractivity contribution is 5.17. The summed E-state index contributed by atoms with van der Waals surface area (Å²) in [6, 6.07) is 9.78. The van der Waals surface area contributed by atoms with E-state index >= 15 is 0 Å². The lowest BCUT2D eigenvalue weighted by Crippen LogP contribution is -2.22. The summed E-state index contributed by atoms with van der Waals surface area (Å²) in [6.07, 6.45) is 3.31. The summed E-state index contributed by atoms with van der Waals surface area (Å²) in [4.78, 5) is 0. The third-order valence-electron chi connectivity index (χ3n) is 2.48. The number of aliphatic hydroxyl groups excluding tert-OH is 1. The van der Waals surface area contributed by atoms with Gasteiger partial charge in [-0.1, -0.05) is 50.1 Å². The smallest absolute Gasteiger partial charge is 0.0914 e. The average Bonchev–Trinajstić information content (AvgIpc) is 2.30. The second kappa shape index (κ2) is 7.43. The lowest BCUT2D eigenvalue weighted by atomic mass is 10.1. The van der Waals surface area contributed by atoms with Crippen LogP contribution in [0.25, 0.3) is 0 Å². The van der Waals surface area contributed by atoms with Crippen LogP contribution < -0.4 is 5.32 Å². The van der Waals surface area contributed by atoms with Crippen LogP contribution in [0.2, 0.25) is 0 Å². The average molecular weight is 207 g/mol. The van der Waals surface area contributed by atoms with Gasteiger partial charge in [0.1, 0.15) is 0 Å². The van der Waals surface area contributed by atoms with Gasteiger partial charge in [0.15, 0.2) is 0 Å².